The summed E-state index contributed by atoms with van der Waals surface area (Å²) in [6, 6.07) is 2.29. The molecule has 0 bridgehead atoms. The van der Waals surface area contributed by atoms with Crippen LogP contribution >= 0.6 is 0 Å². The Morgan fingerprint density at radius 2 is 1.52 bits per heavy atom. The van der Waals surface area contributed by atoms with Crippen molar-refractivity contribution in [2.45, 2.75) is 71.0 Å². The van der Waals surface area contributed by atoms with Crippen LogP contribution in [0, 0.1) is 11.3 Å². The minimum atomic E-state index is -0.990. The molecule has 0 aromatic heterocycles. The number of allylic oxidation sites excluding steroid dienone is 2. The quantitative estimate of drug-likeness (QED) is 0.813. The molecule has 1 saturated heterocycles. The molecule has 1 fully saturated rings. The van der Waals surface area contributed by atoms with E-state index in [1.54, 1.807) is 32.1 Å². The molecule has 5 nitrogen and oxygen atoms in total. The first-order chi connectivity index (χ1) is 10.5. The lowest BCUT2D eigenvalue weighted by atomic mass is 9.69. The van der Waals surface area contributed by atoms with Crippen LogP contribution in [-0.2, 0) is 9.59 Å². The lowest BCUT2D eigenvalue weighted by molar-refractivity contribution is -0.146. The Hall–Kier alpha value is -2.09. The molecular weight excluding hydrogens is 290 g/mol. The molecule has 0 aromatic rings. The molecule has 2 amide bonds. The van der Waals surface area contributed by atoms with Crippen molar-refractivity contribution in [3.05, 3.63) is 24.3 Å². The van der Waals surface area contributed by atoms with E-state index in [1.807, 2.05) is 32.6 Å². The largest absolute Gasteiger partial charge is 0.334 e. The highest BCUT2D eigenvalue weighted by Crippen LogP contribution is 2.43. The molecule has 0 aromatic carbocycles. The standard InChI is InChI=1S/C18H27N3O2/c1-7-9-14(22)20-18(13-19)11-16(3,4)21(15(23)10-8-2)17(5,6)12-18/h7-10H,11-12H2,1-6H3,(H,20,22). The van der Waals surface area contributed by atoms with Crippen molar-refractivity contribution in [3.8, 4) is 6.07 Å². The van der Waals surface area contributed by atoms with Crippen LogP contribution < -0.4 is 5.32 Å². The van der Waals surface area contributed by atoms with Crippen LogP contribution in [0.5, 0.6) is 0 Å². The number of amides is 2. The molecular formula is C18H27N3O2. The van der Waals surface area contributed by atoms with E-state index in [-0.39, 0.29) is 11.8 Å². The predicted molar refractivity (Wildman–Crippen MR) is 90.4 cm³/mol. The van der Waals surface area contributed by atoms with Gasteiger partial charge < -0.3 is 10.2 Å². The summed E-state index contributed by atoms with van der Waals surface area (Å²) in [5.74, 6) is -0.359. The van der Waals surface area contributed by atoms with Gasteiger partial charge in [-0.05, 0) is 53.7 Å². The highest BCUT2D eigenvalue weighted by atomic mass is 16.2. The van der Waals surface area contributed by atoms with Gasteiger partial charge in [-0.1, -0.05) is 12.2 Å². The average molecular weight is 317 g/mol. The summed E-state index contributed by atoms with van der Waals surface area (Å²) in [6.07, 6.45) is 7.08. The van der Waals surface area contributed by atoms with Gasteiger partial charge in [-0.15, -0.1) is 0 Å². The highest BCUT2D eigenvalue weighted by Gasteiger charge is 2.54. The van der Waals surface area contributed by atoms with Gasteiger partial charge in [0.05, 0.1) is 6.07 Å². The molecule has 0 radical (unpaired) electrons. The van der Waals surface area contributed by atoms with E-state index in [0.717, 1.165) is 0 Å². The Balaban J connectivity index is 3.25. The SMILES string of the molecule is CC=CC(=O)NC1(C#N)CC(C)(C)N(C(=O)C=CC)C(C)(C)C1. The first kappa shape index (κ1) is 19.0. The van der Waals surface area contributed by atoms with E-state index in [1.165, 1.54) is 6.08 Å². The molecule has 1 aliphatic rings. The molecule has 1 rings (SSSR count). The Morgan fingerprint density at radius 3 is 1.91 bits per heavy atom. The third-order valence-electron chi connectivity index (χ3n) is 4.10. The van der Waals surface area contributed by atoms with Gasteiger partial charge in [0.1, 0.15) is 5.54 Å². The van der Waals surface area contributed by atoms with Crippen LogP contribution in [0.25, 0.3) is 0 Å². The fraction of sp³-hybridized carbons (Fsp3) is 0.611. The lowest BCUT2D eigenvalue weighted by Crippen LogP contribution is -2.70. The van der Waals surface area contributed by atoms with Crippen LogP contribution in [0.15, 0.2) is 24.3 Å². The molecule has 0 unspecified atom stereocenters. The van der Waals surface area contributed by atoms with E-state index < -0.39 is 16.6 Å². The van der Waals surface area contributed by atoms with Crippen LogP contribution in [0.2, 0.25) is 0 Å². The van der Waals surface area contributed by atoms with Gasteiger partial charge >= 0.3 is 0 Å². The summed E-state index contributed by atoms with van der Waals surface area (Å²) < 4.78 is 0. The number of hydrogen-bond donors (Lipinski definition) is 1. The molecule has 5 heteroatoms. The maximum absolute atomic E-state index is 12.5. The molecule has 0 aliphatic carbocycles. The van der Waals surface area contributed by atoms with E-state index in [9.17, 15) is 14.9 Å². The Labute approximate surface area is 139 Å². The highest BCUT2D eigenvalue weighted by molar-refractivity contribution is 5.90. The molecule has 126 valence electrons. The van der Waals surface area contributed by atoms with Gasteiger partial charge in [-0.25, -0.2) is 0 Å². The Morgan fingerprint density at radius 1 is 1.04 bits per heavy atom. The normalized spacial score (nSPS) is 22.0. The van der Waals surface area contributed by atoms with Crippen molar-refractivity contribution in [1.82, 2.24) is 10.2 Å². The number of likely N-dealkylation sites (tertiary alicyclic amines) is 1. The van der Waals surface area contributed by atoms with Crippen molar-refractivity contribution < 1.29 is 9.59 Å². The predicted octanol–water partition coefficient (Wildman–Crippen LogP) is 2.70. The minimum Gasteiger partial charge on any atom is -0.334 e. The molecule has 1 aliphatic heterocycles. The summed E-state index contributed by atoms with van der Waals surface area (Å²) in [4.78, 5) is 26.3. The first-order valence-electron chi connectivity index (χ1n) is 7.87. The smallest absolute Gasteiger partial charge is 0.247 e. The zero-order valence-electron chi connectivity index (χ0n) is 14.9. The van der Waals surface area contributed by atoms with Crippen molar-refractivity contribution in [1.29, 1.82) is 5.26 Å². The summed E-state index contributed by atoms with van der Waals surface area (Å²) >= 11 is 0. The average Bonchev–Trinajstić information content (AvgIpc) is 2.35. The fourth-order valence-corrected chi connectivity index (χ4v) is 3.95. The number of hydrogen-bond acceptors (Lipinski definition) is 3. The molecule has 1 N–H and O–H groups in total. The van der Waals surface area contributed by atoms with E-state index in [0.29, 0.717) is 12.8 Å². The van der Waals surface area contributed by atoms with Crippen LogP contribution in [-0.4, -0.2) is 33.3 Å². The second kappa shape index (κ2) is 6.57. The summed E-state index contributed by atoms with van der Waals surface area (Å²) in [5.41, 5.74) is -2.11. The zero-order chi connectivity index (χ0) is 17.9. The summed E-state index contributed by atoms with van der Waals surface area (Å²) in [7, 11) is 0. The van der Waals surface area contributed by atoms with Gasteiger partial charge in [-0.2, -0.15) is 5.26 Å². The Kier molecular flexibility index (Phi) is 5.42. The fourth-order valence-electron chi connectivity index (χ4n) is 3.95. The second-order valence-corrected chi connectivity index (χ2v) is 7.34. The van der Waals surface area contributed by atoms with Gasteiger partial charge in [-0.3, -0.25) is 9.59 Å². The summed E-state index contributed by atoms with van der Waals surface area (Å²) in [5, 5.41) is 12.6. The first-order valence-corrected chi connectivity index (χ1v) is 7.87. The zero-order valence-corrected chi connectivity index (χ0v) is 14.9. The summed E-state index contributed by atoms with van der Waals surface area (Å²) in [6.45, 7) is 11.3. The van der Waals surface area contributed by atoms with Crippen molar-refractivity contribution in [2.24, 2.45) is 0 Å². The minimum absolute atomic E-state index is 0.0752. The number of rotatable bonds is 3. The topological polar surface area (TPSA) is 73.2 Å². The van der Waals surface area contributed by atoms with Crippen LogP contribution in [0.3, 0.4) is 0 Å². The molecule has 23 heavy (non-hydrogen) atoms. The molecule has 0 atom stereocenters. The van der Waals surface area contributed by atoms with Crippen molar-refractivity contribution >= 4 is 11.8 Å². The lowest BCUT2D eigenvalue weighted by Gasteiger charge is -2.57. The number of carbonyl (C=O) groups excluding carboxylic acids is 2. The van der Waals surface area contributed by atoms with E-state index in [2.05, 4.69) is 11.4 Å². The number of piperidine rings is 1. The van der Waals surface area contributed by atoms with Crippen molar-refractivity contribution in [2.75, 3.05) is 0 Å². The third-order valence-corrected chi connectivity index (χ3v) is 4.10. The molecule has 0 saturated carbocycles. The van der Waals surface area contributed by atoms with Crippen molar-refractivity contribution in [3.63, 3.8) is 0 Å². The van der Waals surface area contributed by atoms with Crippen LogP contribution in [0.1, 0.15) is 54.4 Å². The number of nitrogens with one attached hydrogen (secondary N) is 1. The molecule has 1 heterocycles. The molecule has 0 spiro atoms. The second-order valence-electron chi connectivity index (χ2n) is 7.34. The van der Waals surface area contributed by atoms with Gasteiger partial charge in [0.2, 0.25) is 11.8 Å². The monoisotopic (exact) mass is 317 g/mol. The van der Waals surface area contributed by atoms with Crippen LogP contribution in [0.4, 0.5) is 0 Å². The van der Waals surface area contributed by atoms with E-state index in [4.69, 9.17) is 0 Å². The number of nitrogens with zero attached hydrogens (tertiary/aromatic N) is 2. The third kappa shape index (κ3) is 4.01. The van der Waals surface area contributed by atoms with Gasteiger partial charge in [0.15, 0.2) is 0 Å². The van der Waals surface area contributed by atoms with Gasteiger partial charge in [0.25, 0.3) is 0 Å². The van der Waals surface area contributed by atoms with E-state index >= 15 is 0 Å². The number of nitriles is 1. The Bertz CT molecular complexity index is 562. The van der Waals surface area contributed by atoms with Gasteiger partial charge in [0, 0.05) is 23.9 Å². The maximum Gasteiger partial charge on any atom is 0.247 e. The maximum atomic E-state index is 12.5. The number of carbonyl (C=O) groups is 2.